The molecule has 2 aromatic rings. The largest absolute Gasteiger partial charge is 0.388 e. The van der Waals surface area contributed by atoms with Gasteiger partial charge in [-0.1, -0.05) is 23.4 Å². The molecule has 1 atom stereocenters. The maximum Gasteiger partial charge on any atom is 0.269 e. The van der Waals surface area contributed by atoms with Crippen LogP contribution in [0.1, 0.15) is 18.1 Å². The number of non-ortho nitro benzene ring substituents is 1. The highest BCUT2D eigenvalue weighted by atomic mass is 35.5. The molecule has 0 saturated heterocycles. The van der Waals surface area contributed by atoms with E-state index in [1.807, 2.05) is 0 Å². The molecule has 0 aliphatic heterocycles. The first kappa shape index (κ1) is 16.5. The van der Waals surface area contributed by atoms with Gasteiger partial charge in [0.15, 0.2) is 5.12 Å². The van der Waals surface area contributed by atoms with Crippen LogP contribution in [0.15, 0.2) is 53.4 Å². The molecular formula is C15H12ClNO4S. The van der Waals surface area contributed by atoms with Gasteiger partial charge in [-0.15, -0.1) is 0 Å². The monoisotopic (exact) mass is 337 g/mol. The number of aliphatic hydroxyl groups excluding tert-OH is 1. The molecule has 0 radical (unpaired) electrons. The molecule has 0 spiro atoms. The van der Waals surface area contributed by atoms with Crippen LogP contribution in [0, 0.1) is 10.1 Å². The van der Waals surface area contributed by atoms with Crippen molar-refractivity contribution >= 4 is 34.2 Å². The zero-order chi connectivity index (χ0) is 16.1. The number of carbonyl (C=O) groups is 1. The Bertz CT molecular complexity index is 673. The Morgan fingerprint density at radius 1 is 1.18 bits per heavy atom. The van der Waals surface area contributed by atoms with Crippen molar-refractivity contribution in [1.29, 1.82) is 0 Å². The van der Waals surface area contributed by atoms with Crippen LogP contribution in [0.25, 0.3) is 0 Å². The van der Waals surface area contributed by atoms with Gasteiger partial charge >= 0.3 is 0 Å². The molecule has 1 N–H and O–H groups in total. The lowest BCUT2D eigenvalue weighted by Crippen LogP contribution is -2.03. The minimum atomic E-state index is -0.992. The lowest BCUT2D eigenvalue weighted by molar-refractivity contribution is -0.384. The maximum absolute atomic E-state index is 11.9. The maximum atomic E-state index is 11.9. The second kappa shape index (κ2) is 7.40. The first-order valence-corrected chi connectivity index (χ1v) is 7.54. The number of carbonyl (C=O) groups excluding carboxylic acids is 1. The third kappa shape index (κ3) is 4.56. The lowest BCUT2D eigenvalue weighted by atomic mass is 10.1. The van der Waals surface area contributed by atoms with E-state index in [4.69, 9.17) is 11.6 Å². The van der Waals surface area contributed by atoms with E-state index in [9.17, 15) is 20.0 Å². The minimum Gasteiger partial charge on any atom is -0.388 e. The fourth-order valence-electron chi connectivity index (χ4n) is 1.77. The smallest absolute Gasteiger partial charge is 0.269 e. The number of thioether (sulfide) groups is 1. The van der Waals surface area contributed by atoms with E-state index >= 15 is 0 Å². The van der Waals surface area contributed by atoms with Crippen LogP contribution in [0.5, 0.6) is 0 Å². The number of aliphatic hydroxyl groups is 1. The van der Waals surface area contributed by atoms with E-state index in [0.29, 0.717) is 10.6 Å². The van der Waals surface area contributed by atoms with Gasteiger partial charge in [-0.25, -0.2) is 0 Å². The van der Waals surface area contributed by atoms with Crippen molar-refractivity contribution in [1.82, 2.24) is 0 Å². The van der Waals surface area contributed by atoms with Crippen LogP contribution in [0.3, 0.4) is 0 Å². The standard InChI is InChI=1S/C15H12ClNO4S/c16-11-3-7-13(8-4-11)22-15(19)9-14(18)10-1-5-12(6-2-10)17(20)21/h1-8,14,18H,9H2. The third-order valence-corrected chi connectivity index (χ3v) is 4.05. The number of hydrogen-bond acceptors (Lipinski definition) is 5. The number of nitro groups is 1. The summed E-state index contributed by atoms with van der Waals surface area (Å²) in [5, 5.41) is 21.0. The Labute approximate surface area is 136 Å². The highest BCUT2D eigenvalue weighted by molar-refractivity contribution is 8.13. The second-order valence-electron chi connectivity index (χ2n) is 4.50. The fourth-order valence-corrected chi connectivity index (χ4v) is 2.67. The SMILES string of the molecule is O=C(CC(O)c1ccc([N+](=O)[O-])cc1)Sc1ccc(Cl)cc1. The molecule has 0 fully saturated rings. The first-order valence-electron chi connectivity index (χ1n) is 6.34. The minimum absolute atomic E-state index is 0.0576. The van der Waals surface area contributed by atoms with Gasteiger partial charge in [0.2, 0.25) is 0 Å². The second-order valence-corrected chi connectivity index (χ2v) is 6.06. The van der Waals surface area contributed by atoms with Gasteiger partial charge < -0.3 is 5.11 Å². The molecule has 5 nitrogen and oxygen atoms in total. The van der Waals surface area contributed by atoms with Gasteiger partial charge in [0.25, 0.3) is 5.69 Å². The van der Waals surface area contributed by atoms with Gasteiger partial charge in [-0.3, -0.25) is 14.9 Å². The number of halogens is 1. The summed E-state index contributed by atoms with van der Waals surface area (Å²) in [6, 6.07) is 12.3. The quantitative estimate of drug-likeness (QED) is 0.507. The Balaban J connectivity index is 1.95. The molecule has 0 aromatic heterocycles. The Morgan fingerprint density at radius 3 is 2.32 bits per heavy atom. The number of rotatable bonds is 5. The summed E-state index contributed by atoms with van der Waals surface area (Å²) in [5.41, 5.74) is 0.411. The molecular weight excluding hydrogens is 326 g/mol. The highest BCUT2D eigenvalue weighted by Crippen LogP contribution is 2.27. The van der Waals surface area contributed by atoms with E-state index in [2.05, 4.69) is 0 Å². The van der Waals surface area contributed by atoms with Crippen LogP contribution in [-0.2, 0) is 4.79 Å². The predicted octanol–water partition coefficient (Wildman–Crippen LogP) is 3.99. The van der Waals surface area contributed by atoms with Crippen LogP contribution in [0.4, 0.5) is 5.69 Å². The van der Waals surface area contributed by atoms with Gasteiger partial charge in [0.05, 0.1) is 11.0 Å². The molecule has 2 rings (SSSR count). The zero-order valence-corrected chi connectivity index (χ0v) is 12.9. The van der Waals surface area contributed by atoms with Gasteiger partial charge in [0, 0.05) is 28.5 Å². The van der Waals surface area contributed by atoms with E-state index in [1.54, 1.807) is 24.3 Å². The summed E-state index contributed by atoms with van der Waals surface area (Å²) < 4.78 is 0. The number of nitro benzene ring substituents is 1. The molecule has 0 bridgehead atoms. The zero-order valence-electron chi connectivity index (χ0n) is 11.3. The summed E-state index contributed by atoms with van der Waals surface area (Å²) in [4.78, 5) is 22.7. The van der Waals surface area contributed by atoms with Crippen molar-refractivity contribution in [2.75, 3.05) is 0 Å². The van der Waals surface area contributed by atoms with E-state index < -0.39 is 11.0 Å². The van der Waals surface area contributed by atoms with Crippen molar-refractivity contribution in [2.45, 2.75) is 17.4 Å². The van der Waals surface area contributed by atoms with Crippen molar-refractivity contribution < 1.29 is 14.8 Å². The van der Waals surface area contributed by atoms with Gasteiger partial charge in [-0.2, -0.15) is 0 Å². The summed E-state index contributed by atoms with van der Waals surface area (Å²) in [6.07, 6.45) is -1.07. The highest BCUT2D eigenvalue weighted by Gasteiger charge is 2.15. The van der Waals surface area contributed by atoms with Crippen LogP contribution in [0.2, 0.25) is 5.02 Å². The van der Waals surface area contributed by atoms with Gasteiger partial charge in [0.1, 0.15) is 0 Å². The van der Waals surface area contributed by atoms with Crippen molar-refractivity contribution in [3.63, 3.8) is 0 Å². The summed E-state index contributed by atoms with van der Waals surface area (Å²) >= 11 is 6.78. The van der Waals surface area contributed by atoms with Crippen molar-refractivity contribution in [3.05, 3.63) is 69.2 Å². The van der Waals surface area contributed by atoms with Crippen LogP contribution < -0.4 is 0 Å². The summed E-state index contributed by atoms with van der Waals surface area (Å²) in [6.45, 7) is 0. The molecule has 114 valence electrons. The number of hydrogen-bond donors (Lipinski definition) is 1. The molecule has 0 heterocycles. The molecule has 0 saturated carbocycles. The fraction of sp³-hybridized carbons (Fsp3) is 0.133. The number of nitrogens with zero attached hydrogens (tertiary/aromatic N) is 1. The predicted molar refractivity (Wildman–Crippen MR) is 85.0 cm³/mol. The Kier molecular flexibility index (Phi) is 5.54. The van der Waals surface area contributed by atoms with Crippen LogP contribution in [-0.4, -0.2) is 15.1 Å². The summed E-state index contributed by atoms with van der Waals surface area (Å²) in [5.74, 6) is 0. The van der Waals surface area contributed by atoms with E-state index in [1.165, 1.54) is 24.3 Å². The van der Waals surface area contributed by atoms with E-state index in [-0.39, 0.29) is 17.2 Å². The molecule has 0 aliphatic carbocycles. The molecule has 0 amide bonds. The van der Waals surface area contributed by atoms with Gasteiger partial charge in [-0.05, 0) is 42.0 Å². The van der Waals surface area contributed by atoms with Crippen molar-refractivity contribution in [2.24, 2.45) is 0 Å². The third-order valence-electron chi connectivity index (χ3n) is 2.89. The molecule has 0 aliphatic rings. The molecule has 7 heteroatoms. The molecule has 22 heavy (non-hydrogen) atoms. The topological polar surface area (TPSA) is 80.4 Å². The first-order chi connectivity index (χ1) is 10.5. The molecule has 1 unspecified atom stereocenters. The van der Waals surface area contributed by atoms with Crippen molar-refractivity contribution in [3.8, 4) is 0 Å². The molecule has 2 aromatic carbocycles. The average Bonchev–Trinajstić information content (AvgIpc) is 2.49. The summed E-state index contributed by atoms with van der Waals surface area (Å²) in [7, 11) is 0. The van der Waals surface area contributed by atoms with Crippen LogP contribution >= 0.6 is 23.4 Å². The lowest BCUT2D eigenvalue weighted by Gasteiger charge is -2.09. The Hall–Kier alpha value is -1.89. The average molecular weight is 338 g/mol. The Morgan fingerprint density at radius 2 is 1.77 bits per heavy atom. The normalized spacial score (nSPS) is 11.9. The van der Waals surface area contributed by atoms with E-state index in [0.717, 1.165) is 16.7 Å². The number of benzene rings is 2.